The maximum absolute atomic E-state index is 11.4. The fourth-order valence-electron chi connectivity index (χ4n) is 2.37. The Morgan fingerprint density at radius 3 is 2.32 bits per heavy atom. The van der Waals surface area contributed by atoms with Crippen molar-refractivity contribution < 1.29 is 4.79 Å². The van der Waals surface area contributed by atoms with Crippen molar-refractivity contribution in [1.29, 1.82) is 5.26 Å². The van der Waals surface area contributed by atoms with Crippen LogP contribution >= 0.6 is 11.6 Å². The average Bonchev–Trinajstić information content (AvgIpc) is 2.37. The van der Waals surface area contributed by atoms with Crippen LogP contribution in [0.3, 0.4) is 0 Å². The number of carbonyl (C=O) groups is 1. The zero-order valence-electron chi connectivity index (χ0n) is 10.7. The summed E-state index contributed by atoms with van der Waals surface area (Å²) in [5.74, 6) is 0.569. The lowest BCUT2D eigenvalue weighted by Crippen LogP contribution is -2.57. The van der Waals surface area contributed by atoms with Gasteiger partial charge in [-0.3, -0.25) is 4.79 Å². The van der Waals surface area contributed by atoms with Gasteiger partial charge in [0.15, 0.2) is 0 Å². The van der Waals surface area contributed by atoms with Crippen LogP contribution in [0, 0.1) is 11.3 Å². The minimum atomic E-state index is -0.430. The maximum atomic E-state index is 11.4. The van der Waals surface area contributed by atoms with Crippen LogP contribution in [0.2, 0.25) is 0 Å². The number of rotatable bonds is 1. The molecule has 2 rings (SSSR count). The van der Waals surface area contributed by atoms with E-state index in [1.54, 1.807) is 4.90 Å². The summed E-state index contributed by atoms with van der Waals surface area (Å²) in [6.45, 7) is 5.11. The Balaban J connectivity index is 2.15. The van der Waals surface area contributed by atoms with Crippen LogP contribution < -0.4 is 4.90 Å². The summed E-state index contributed by atoms with van der Waals surface area (Å²) >= 11 is 5.58. The molecular formula is C12H14ClN5O. The summed E-state index contributed by atoms with van der Waals surface area (Å²) in [6, 6.07) is 1.97. The fraction of sp³-hybridized carbons (Fsp3) is 0.500. The van der Waals surface area contributed by atoms with Crippen molar-refractivity contribution in [2.75, 3.05) is 18.0 Å². The highest BCUT2D eigenvalue weighted by molar-refractivity contribution is 6.62. The molecule has 0 bridgehead atoms. The standard InChI is InChI=1S/C12H14ClN5O/c1-8-6-17(7-9(2)18(8)11(13)19)12-15-4-10(3-14)5-16-12/h4-5,8-9H,6-7H2,1-2H3/t8-,9-/m1/s1. The molecular weight excluding hydrogens is 266 g/mol. The van der Waals surface area contributed by atoms with Crippen molar-refractivity contribution in [3.8, 4) is 6.07 Å². The molecule has 0 aromatic carbocycles. The van der Waals surface area contributed by atoms with Gasteiger partial charge in [-0.2, -0.15) is 5.26 Å². The first-order valence-electron chi connectivity index (χ1n) is 5.97. The number of halogens is 1. The van der Waals surface area contributed by atoms with E-state index in [0.29, 0.717) is 24.6 Å². The van der Waals surface area contributed by atoms with Crippen LogP contribution in [0.4, 0.5) is 10.7 Å². The number of amides is 1. The van der Waals surface area contributed by atoms with Gasteiger partial charge in [0.2, 0.25) is 5.95 Å². The quantitative estimate of drug-likeness (QED) is 0.577. The third-order valence-electron chi connectivity index (χ3n) is 3.17. The molecule has 1 aromatic heterocycles. The number of nitriles is 1. The fourth-order valence-corrected chi connectivity index (χ4v) is 2.71. The van der Waals surface area contributed by atoms with Crippen LogP contribution in [-0.4, -0.2) is 45.4 Å². The Kier molecular flexibility index (Phi) is 3.86. The SMILES string of the molecule is C[C@@H]1CN(c2ncc(C#N)cn2)C[C@@H](C)N1C(=O)Cl. The Bertz CT molecular complexity index is 500. The molecule has 0 spiro atoms. The van der Waals surface area contributed by atoms with Crippen LogP contribution in [0.15, 0.2) is 12.4 Å². The van der Waals surface area contributed by atoms with Gasteiger partial charge < -0.3 is 9.80 Å². The largest absolute Gasteiger partial charge is 0.337 e. The van der Waals surface area contributed by atoms with Crippen LogP contribution in [0.5, 0.6) is 0 Å². The summed E-state index contributed by atoms with van der Waals surface area (Å²) < 4.78 is 0. The zero-order chi connectivity index (χ0) is 14.0. The zero-order valence-corrected chi connectivity index (χ0v) is 11.5. The van der Waals surface area contributed by atoms with Crippen molar-refractivity contribution in [2.45, 2.75) is 25.9 Å². The molecule has 0 radical (unpaired) electrons. The van der Waals surface area contributed by atoms with E-state index in [2.05, 4.69) is 9.97 Å². The van der Waals surface area contributed by atoms with E-state index >= 15 is 0 Å². The highest BCUT2D eigenvalue weighted by Gasteiger charge is 2.32. The van der Waals surface area contributed by atoms with Crippen molar-refractivity contribution in [1.82, 2.24) is 14.9 Å². The molecule has 0 unspecified atom stereocenters. The first kappa shape index (κ1) is 13.6. The van der Waals surface area contributed by atoms with Gasteiger partial charge in [-0.25, -0.2) is 9.97 Å². The van der Waals surface area contributed by atoms with Crippen molar-refractivity contribution in [3.05, 3.63) is 18.0 Å². The third-order valence-corrected chi connectivity index (χ3v) is 3.37. The number of anilines is 1. The van der Waals surface area contributed by atoms with E-state index in [4.69, 9.17) is 16.9 Å². The molecule has 0 aliphatic carbocycles. The van der Waals surface area contributed by atoms with Gasteiger partial charge in [0.05, 0.1) is 18.0 Å². The minimum Gasteiger partial charge on any atom is -0.337 e. The van der Waals surface area contributed by atoms with Gasteiger partial charge >= 0.3 is 5.37 Å². The van der Waals surface area contributed by atoms with Gasteiger partial charge in [-0.15, -0.1) is 0 Å². The summed E-state index contributed by atoms with van der Waals surface area (Å²) in [6.07, 6.45) is 2.99. The molecule has 2 heterocycles. The van der Waals surface area contributed by atoms with E-state index in [0.717, 1.165) is 0 Å². The molecule has 100 valence electrons. The van der Waals surface area contributed by atoms with Crippen LogP contribution in [-0.2, 0) is 0 Å². The summed E-state index contributed by atoms with van der Waals surface area (Å²) in [5.41, 5.74) is 0.430. The Morgan fingerprint density at radius 1 is 1.37 bits per heavy atom. The number of hydrogen-bond acceptors (Lipinski definition) is 5. The molecule has 1 aliphatic heterocycles. The van der Waals surface area contributed by atoms with E-state index in [1.807, 2.05) is 24.8 Å². The highest BCUT2D eigenvalue weighted by atomic mass is 35.5. The van der Waals surface area contributed by atoms with Gasteiger partial charge in [0.25, 0.3) is 0 Å². The molecule has 0 saturated carbocycles. The first-order valence-corrected chi connectivity index (χ1v) is 6.35. The van der Waals surface area contributed by atoms with Gasteiger partial charge in [-0.1, -0.05) is 0 Å². The Morgan fingerprint density at radius 2 is 1.89 bits per heavy atom. The predicted molar refractivity (Wildman–Crippen MR) is 71.0 cm³/mol. The Labute approximate surface area is 116 Å². The lowest BCUT2D eigenvalue weighted by atomic mass is 10.1. The summed E-state index contributed by atoms with van der Waals surface area (Å²) in [7, 11) is 0. The van der Waals surface area contributed by atoms with E-state index in [1.165, 1.54) is 12.4 Å². The van der Waals surface area contributed by atoms with E-state index in [-0.39, 0.29) is 12.1 Å². The molecule has 1 aromatic rings. The minimum absolute atomic E-state index is 0.00649. The molecule has 2 atom stereocenters. The second-order valence-electron chi connectivity index (χ2n) is 4.65. The summed E-state index contributed by atoms with van der Waals surface area (Å²) in [5, 5.41) is 8.29. The van der Waals surface area contributed by atoms with Crippen LogP contribution in [0.1, 0.15) is 19.4 Å². The number of hydrogen-bond donors (Lipinski definition) is 0. The molecule has 1 saturated heterocycles. The number of piperazine rings is 1. The van der Waals surface area contributed by atoms with Crippen molar-refractivity contribution in [2.24, 2.45) is 0 Å². The monoisotopic (exact) mass is 279 g/mol. The highest BCUT2D eigenvalue weighted by Crippen LogP contribution is 2.20. The number of aromatic nitrogens is 2. The lowest BCUT2D eigenvalue weighted by Gasteiger charge is -2.43. The van der Waals surface area contributed by atoms with Crippen LogP contribution in [0.25, 0.3) is 0 Å². The molecule has 1 fully saturated rings. The number of nitrogens with zero attached hydrogens (tertiary/aromatic N) is 5. The van der Waals surface area contributed by atoms with Gasteiger partial charge in [-0.05, 0) is 25.4 Å². The molecule has 1 aliphatic rings. The van der Waals surface area contributed by atoms with Crippen molar-refractivity contribution in [3.63, 3.8) is 0 Å². The topological polar surface area (TPSA) is 73.1 Å². The van der Waals surface area contributed by atoms with E-state index in [9.17, 15) is 4.79 Å². The summed E-state index contributed by atoms with van der Waals surface area (Å²) in [4.78, 5) is 23.3. The lowest BCUT2D eigenvalue weighted by molar-refractivity contribution is 0.162. The molecule has 19 heavy (non-hydrogen) atoms. The van der Waals surface area contributed by atoms with Gasteiger partial charge in [0, 0.05) is 25.2 Å². The second kappa shape index (κ2) is 5.41. The normalized spacial score (nSPS) is 23.1. The predicted octanol–water partition coefficient (Wildman–Crippen LogP) is 1.61. The molecule has 7 heteroatoms. The maximum Gasteiger partial charge on any atom is 0.316 e. The third kappa shape index (κ3) is 2.76. The second-order valence-corrected chi connectivity index (χ2v) is 4.97. The molecule has 6 nitrogen and oxygen atoms in total. The van der Waals surface area contributed by atoms with Crippen molar-refractivity contribution >= 4 is 22.9 Å². The molecule has 1 amide bonds. The molecule has 0 N–H and O–H groups in total. The van der Waals surface area contributed by atoms with Gasteiger partial charge in [0.1, 0.15) is 6.07 Å². The Hall–Kier alpha value is -1.87. The smallest absolute Gasteiger partial charge is 0.316 e. The van der Waals surface area contributed by atoms with E-state index < -0.39 is 5.37 Å². The average molecular weight is 280 g/mol. The number of carbonyl (C=O) groups excluding carboxylic acids is 1. The first-order chi connectivity index (χ1) is 9.02.